The highest BCUT2D eigenvalue weighted by atomic mass is 35.5. The highest BCUT2D eigenvalue weighted by molar-refractivity contribution is 7.91. The molecule has 34 heavy (non-hydrogen) atoms. The van der Waals surface area contributed by atoms with Gasteiger partial charge in [0.05, 0.1) is 30.8 Å². The molecule has 0 bridgehead atoms. The number of para-hydroxylation sites is 1. The number of pyridine rings is 1. The summed E-state index contributed by atoms with van der Waals surface area (Å²) in [6.45, 7) is 1.64. The predicted molar refractivity (Wildman–Crippen MR) is 127 cm³/mol. The van der Waals surface area contributed by atoms with Crippen molar-refractivity contribution in [3.63, 3.8) is 0 Å². The summed E-state index contributed by atoms with van der Waals surface area (Å²) in [5.74, 6) is 1.50. The molecule has 178 valence electrons. The second-order valence-electron chi connectivity index (χ2n) is 7.55. The molecule has 0 unspecified atom stereocenters. The number of nitrogens with zero attached hydrogens (tertiary/aromatic N) is 4. The third-order valence-corrected chi connectivity index (χ3v) is 7.60. The van der Waals surface area contributed by atoms with E-state index in [4.69, 9.17) is 25.5 Å². The van der Waals surface area contributed by atoms with Gasteiger partial charge in [-0.05, 0) is 43.3 Å². The van der Waals surface area contributed by atoms with Crippen molar-refractivity contribution >= 4 is 21.4 Å². The molecule has 0 amide bonds. The Labute approximate surface area is 202 Å². The zero-order valence-corrected chi connectivity index (χ0v) is 20.4. The number of hydrogen-bond acceptors (Lipinski definition) is 8. The standard InChI is InChI=1S/C23H23ClN4O5S/c1-15(12-17-10-9-16(24)13-25-17)34(29,30)14-21-26-27-23(20-8-5-11-33-20)28(21)22-18(31-2)6-4-7-19(22)32-3/h4-11,13,15H,12,14H2,1-3H3/t15-/m1/s1. The lowest BCUT2D eigenvalue weighted by Gasteiger charge is -2.18. The average Bonchev–Trinajstić information content (AvgIpc) is 3.49. The molecule has 4 aromatic rings. The summed E-state index contributed by atoms with van der Waals surface area (Å²) in [6, 6.07) is 12.1. The molecule has 0 aliphatic carbocycles. The molecule has 0 radical (unpaired) electrons. The smallest absolute Gasteiger partial charge is 0.204 e. The Balaban J connectivity index is 1.77. The van der Waals surface area contributed by atoms with Gasteiger partial charge in [-0.15, -0.1) is 10.2 Å². The largest absolute Gasteiger partial charge is 0.494 e. The first-order valence-electron chi connectivity index (χ1n) is 10.4. The fraction of sp³-hybridized carbons (Fsp3) is 0.261. The Hall–Kier alpha value is -3.37. The molecule has 0 aliphatic heterocycles. The summed E-state index contributed by atoms with van der Waals surface area (Å²) < 4.78 is 44.9. The van der Waals surface area contributed by atoms with Crippen LogP contribution in [0.15, 0.2) is 59.3 Å². The zero-order valence-electron chi connectivity index (χ0n) is 18.8. The normalized spacial score (nSPS) is 12.5. The van der Waals surface area contributed by atoms with Crippen molar-refractivity contribution in [1.82, 2.24) is 19.7 Å². The van der Waals surface area contributed by atoms with Gasteiger partial charge in [-0.1, -0.05) is 17.7 Å². The second kappa shape index (κ2) is 9.86. The maximum absolute atomic E-state index is 13.3. The van der Waals surface area contributed by atoms with E-state index in [1.165, 1.54) is 26.7 Å². The Morgan fingerprint density at radius 1 is 1.06 bits per heavy atom. The Kier molecular flexibility index (Phi) is 6.90. The van der Waals surface area contributed by atoms with E-state index in [1.807, 2.05) is 0 Å². The van der Waals surface area contributed by atoms with Gasteiger partial charge in [0.25, 0.3) is 0 Å². The van der Waals surface area contributed by atoms with Crippen molar-refractivity contribution in [2.24, 2.45) is 0 Å². The SMILES string of the molecule is COc1cccc(OC)c1-n1c(CS(=O)(=O)[C@H](C)Cc2ccc(Cl)cn2)nnc1-c1ccco1. The van der Waals surface area contributed by atoms with Crippen molar-refractivity contribution in [3.8, 4) is 28.8 Å². The summed E-state index contributed by atoms with van der Waals surface area (Å²) in [5, 5.41) is 8.22. The van der Waals surface area contributed by atoms with Crippen molar-refractivity contribution in [2.45, 2.75) is 24.3 Å². The molecular weight excluding hydrogens is 480 g/mol. The minimum Gasteiger partial charge on any atom is -0.494 e. The van der Waals surface area contributed by atoms with Gasteiger partial charge >= 0.3 is 0 Å². The molecule has 0 saturated heterocycles. The Morgan fingerprint density at radius 3 is 2.38 bits per heavy atom. The van der Waals surface area contributed by atoms with Crippen LogP contribution in [0, 0.1) is 0 Å². The van der Waals surface area contributed by atoms with Gasteiger partial charge < -0.3 is 13.9 Å². The van der Waals surface area contributed by atoms with Crippen LogP contribution in [-0.2, 0) is 22.0 Å². The number of rotatable bonds is 9. The number of methoxy groups -OCH3 is 2. The van der Waals surface area contributed by atoms with E-state index in [-0.39, 0.29) is 18.0 Å². The summed E-state index contributed by atoms with van der Waals surface area (Å²) in [6.07, 6.45) is 3.23. The fourth-order valence-corrected chi connectivity index (χ4v) is 4.90. The fourth-order valence-electron chi connectivity index (χ4n) is 3.53. The van der Waals surface area contributed by atoms with Gasteiger partial charge in [-0.25, -0.2) is 8.42 Å². The summed E-state index contributed by atoms with van der Waals surface area (Å²) in [5.41, 5.74) is 1.10. The second-order valence-corrected chi connectivity index (χ2v) is 10.4. The number of sulfone groups is 1. The van der Waals surface area contributed by atoms with Crippen LogP contribution < -0.4 is 9.47 Å². The van der Waals surface area contributed by atoms with E-state index >= 15 is 0 Å². The zero-order chi connectivity index (χ0) is 24.3. The monoisotopic (exact) mass is 502 g/mol. The first kappa shape index (κ1) is 23.8. The summed E-state index contributed by atoms with van der Waals surface area (Å²) >= 11 is 5.89. The summed E-state index contributed by atoms with van der Waals surface area (Å²) in [4.78, 5) is 4.21. The quantitative estimate of drug-likeness (QED) is 0.336. The van der Waals surface area contributed by atoms with Crippen LogP contribution in [0.3, 0.4) is 0 Å². The van der Waals surface area contributed by atoms with Crippen molar-refractivity contribution in [2.75, 3.05) is 14.2 Å². The van der Waals surface area contributed by atoms with Gasteiger partial charge in [-0.3, -0.25) is 9.55 Å². The van der Waals surface area contributed by atoms with Crippen molar-refractivity contribution in [1.29, 1.82) is 0 Å². The lowest BCUT2D eigenvalue weighted by atomic mass is 10.2. The van der Waals surface area contributed by atoms with E-state index in [1.54, 1.807) is 54.0 Å². The molecular formula is C23H23ClN4O5S. The molecule has 4 rings (SSSR count). The lowest BCUT2D eigenvalue weighted by Crippen LogP contribution is -2.24. The lowest BCUT2D eigenvalue weighted by molar-refractivity contribution is 0.390. The number of halogens is 1. The van der Waals surface area contributed by atoms with Crippen LogP contribution in [0.25, 0.3) is 17.3 Å². The highest BCUT2D eigenvalue weighted by Gasteiger charge is 2.29. The molecule has 0 aliphatic rings. The summed E-state index contributed by atoms with van der Waals surface area (Å²) in [7, 11) is -0.614. The molecule has 3 aromatic heterocycles. The van der Waals surface area contributed by atoms with E-state index in [0.717, 1.165) is 0 Å². The van der Waals surface area contributed by atoms with Gasteiger partial charge in [0, 0.05) is 18.3 Å². The third-order valence-electron chi connectivity index (χ3n) is 5.33. The van der Waals surface area contributed by atoms with E-state index in [9.17, 15) is 8.42 Å². The van der Waals surface area contributed by atoms with E-state index < -0.39 is 15.1 Å². The number of aromatic nitrogens is 4. The van der Waals surface area contributed by atoms with Crippen LogP contribution in [0.5, 0.6) is 11.5 Å². The maximum Gasteiger partial charge on any atom is 0.204 e. The predicted octanol–water partition coefficient (Wildman–Crippen LogP) is 4.14. The minimum atomic E-state index is -3.66. The molecule has 11 heteroatoms. The van der Waals surface area contributed by atoms with Crippen LogP contribution in [0.4, 0.5) is 0 Å². The molecule has 9 nitrogen and oxygen atoms in total. The van der Waals surface area contributed by atoms with Crippen LogP contribution in [0.1, 0.15) is 18.4 Å². The van der Waals surface area contributed by atoms with Crippen molar-refractivity contribution in [3.05, 3.63) is 71.5 Å². The van der Waals surface area contributed by atoms with E-state index in [0.29, 0.717) is 39.5 Å². The molecule has 0 saturated carbocycles. The Bertz CT molecular complexity index is 1350. The van der Waals surface area contributed by atoms with Crippen LogP contribution >= 0.6 is 11.6 Å². The molecule has 0 spiro atoms. The minimum absolute atomic E-state index is 0.199. The highest BCUT2D eigenvalue weighted by Crippen LogP contribution is 2.36. The van der Waals surface area contributed by atoms with Crippen LogP contribution in [-0.4, -0.2) is 47.6 Å². The van der Waals surface area contributed by atoms with E-state index in [2.05, 4.69) is 15.2 Å². The molecule has 3 heterocycles. The maximum atomic E-state index is 13.3. The van der Waals surface area contributed by atoms with Gasteiger partial charge in [0.1, 0.15) is 22.9 Å². The number of ether oxygens (including phenoxy) is 2. The number of hydrogen-bond donors (Lipinski definition) is 0. The number of furan rings is 1. The number of benzene rings is 1. The van der Waals surface area contributed by atoms with Gasteiger partial charge in [-0.2, -0.15) is 0 Å². The Morgan fingerprint density at radius 2 is 1.79 bits per heavy atom. The van der Waals surface area contributed by atoms with Gasteiger partial charge in [0.15, 0.2) is 21.4 Å². The molecule has 1 atom stereocenters. The first-order valence-corrected chi connectivity index (χ1v) is 12.4. The molecule has 1 aromatic carbocycles. The third kappa shape index (κ3) is 4.78. The molecule has 0 fully saturated rings. The van der Waals surface area contributed by atoms with Crippen LogP contribution in [0.2, 0.25) is 5.02 Å². The van der Waals surface area contributed by atoms with Crippen molar-refractivity contribution < 1.29 is 22.3 Å². The molecule has 0 N–H and O–H groups in total. The van der Waals surface area contributed by atoms with Gasteiger partial charge in [0.2, 0.25) is 5.82 Å². The first-order chi connectivity index (χ1) is 16.3. The topological polar surface area (TPSA) is 109 Å². The average molecular weight is 503 g/mol.